The molecule has 1 aliphatic heterocycles. The van der Waals surface area contributed by atoms with Crippen molar-refractivity contribution in [2.45, 2.75) is 76.5 Å². The Kier molecular flexibility index (Phi) is 11.6. The molecule has 2 aromatic carbocycles. The van der Waals surface area contributed by atoms with Gasteiger partial charge in [0.15, 0.2) is 8.32 Å². The summed E-state index contributed by atoms with van der Waals surface area (Å²) in [6.07, 6.45) is 8.56. The van der Waals surface area contributed by atoms with Gasteiger partial charge >= 0.3 is 6.09 Å². The molecule has 41 heavy (non-hydrogen) atoms. The Morgan fingerprint density at radius 2 is 1.71 bits per heavy atom. The van der Waals surface area contributed by atoms with Gasteiger partial charge in [-0.15, -0.1) is 0 Å². The van der Waals surface area contributed by atoms with Crippen molar-refractivity contribution >= 4 is 14.4 Å². The van der Waals surface area contributed by atoms with Crippen LogP contribution in [0.4, 0.5) is 4.79 Å². The second-order valence-corrected chi connectivity index (χ2v) is 16.8. The predicted molar refractivity (Wildman–Crippen MR) is 165 cm³/mol. The van der Waals surface area contributed by atoms with Gasteiger partial charge in [-0.3, -0.25) is 4.90 Å². The molecule has 0 saturated carbocycles. The first kappa shape index (κ1) is 32.4. The number of amides is 1. The first-order valence-corrected chi connectivity index (χ1v) is 17.1. The number of carbonyl (C=O) groups is 1. The Morgan fingerprint density at radius 3 is 2.34 bits per heavy atom. The van der Waals surface area contributed by atoms with Crippen molar-refractivity contribution in [3.63, 3.8) is 0 Å². The highest BCUT2D eigenvalue weighted by molar-refractivity contribution is 6.74. The molecule has 2 atom stereocenters. The van der Waals surface area contributed by atoms with Gasteiger partial charge in [0.1, 0.15) is 12.4 Å². The minimum absolute atomic E-state index is 0.0515. The number of ether oxygens (including phenoxy) is 4. The zero-order valence-electron chi connectivity index (χ0n) is 25.7. The Morgan fingerprint density at radius 1 is 1.02 bits per heavy atom. The quantitative estimate of drug-likeness (QED) is 0.139. The third-order valence-corrected chi connectivity index (χ3v) is 12.5. The molecule has 0 bridgehead atoms. The molecule has 0 aliphatic carbocycles. The summed E-state index contributed by atoms with van der Waals surface area (Å²) < 4.78 is 29.4. The second-order valence-electron chi connectivity index (χ2n) is 12.0. The zero-order chi connectivity index (χ0) is 29.9. The normalized spacial score (nSPS) is 19.4. The number of hydrogen-bond donors (Lipinski definition) is 0. The highest BCUT2D eigenvalue weighted by Gasteiger charge is 2.46. The molecule has 0 unspecified atom stereocenters. The van der Waals surface area contributed by atoms with E-state index in [1.165, 1.54) is 0 Å². The molecular formula is C33H47NO6Si. The van der Waals surface area contributed by atoms with Gasteiger partial charge in [-0.2, -0.15) is 0 Å². The summed E-state index contributed by atoms with van der Waals surface area (Å²) in [5, 5.41) is 0.0515. The van der Waals surface area contributed by atoms with Crippen LogP contribution in [0.3, 0.4) is 0 Å². The Labute approximate surface area is 247 Å². The number of rotatable bonds is 13. The smallest absolute Gasteiger partial charge is 0.411 e. The fraction of sp³-hybridized carbons (Fsp3) is 0.485. The molecule has 8 heteroatoms. The van der Waals surface area contributed by atoms with E-state index in [2.05, 4.69) is 46.0 Å². The van der Waals surface area contributed by atoms with E-state index in [-0.39, 0.29) is 30.4 Å². The van der Waals surface area contributed by atoms with Crippen LogP contribution in [0.15, 0.2) is 79.1 Å². The van der Waals surface area contributed by atoms with Crippen LogP contribution in [0.2, 0.25) is 18.1 Å². The molecule has 7 nitrogen and oxygen atoms in total. The lowest BCUT2D eigenvalue weighted by Crippen LogP contribution is -2.61. The van der Waals surface area contributed by atoms with Gasteiger partial charge in [0.2, 0.25) is 0 Å². The average Bonchev–Trinajstić information content (AvgIpc) is 2.95. The minimum Gasteiger partial charge on any atom is -0.505 e. The summed E-state index contributed by atoms with van der Waals surface area (Å²) in [6, 6.07) is 17.3. The molecule has 0 saturated heterocycles. The first-order valence-electron chi connectivity index (χ1n) is 14.2. The van der Waals surface area contributed by atoms with Crippen molar-refractivity contribution in [1.82, 2.24) is 4.90 Å². The van der Waals surface area contributed by atoms with E-state index in [0.29, 0.717) is 26.1 Å². The van der Waals surface area contributed by atoms with Gasteiger partial charge in [-0.25, -0.2) is 4.79 Å². The first-order chi connectivity index (χ1) is 19.5. The van der Waals surface area contributed by atoms with Crippen LogP contribution < -0.4 is 4.74 Å². The third kappa shape index (κ3) is 8.95. The van der Waals surface area contributed by atoms with E-state index in [4.69, 9.17) is 23.4 Å². The molecule has 1 heterocycles. The second kappa shape index (κ2) is 14.7. The van der Waals surface area contributed by atoms with Crippen LogP contribution in [0.1, 0.15) is 44.7 Å². The largest absolute Gasteiger partial charge is 0.505 e. The number of hydrogen-bond acceptors (Lipinski definition) is 6. The summed E-state index contributed by atoms with van der Waals surface area (Å²) in [6.45, 7) is 12.4. The molecule has 224 valence electrons. The van der Waals surface area contributed by atoms with Gasteiger partial charge in [0.25, 0.3) is 0 Å². The lowest BCUT2D eigenvalue weighted by molar-refractivity contribution is -0.0260. The average molecular weight is 582 g/mol. The van der Waals surface area contributed by atoms with E-state index in [1.807, 2.05) is 65.6 Å². The molecule has 0 aromatic heterocycles. The summed E-state index contributed by atoms with van der Waals surface area (Å²) in [7, 11) is 1.20. The van der Waals surface area contributed by atoms with Crippen molar-refractivity contribution < 1.29 is 28.2 Å². The van der Waals surface area contributed by atoms with Crippen molar-refractivity contribution in [2.24, 2.45) is 0 Å². The minimum atomic E-state index is -2.06. The molecule has 2 aromatic rings. The van der Waals surface area contributed by atoms with Crippen LogP contribution in [0.25, 0.3) is 0 Å². The van der Waals surface area contributed by atoms with Crippen LogP contribution in [0, 0.1) is 0 Å². The number of carbonyl (C=O) groups excluding carboxylic acids is 1. The van der Waals surface area contributed by atoms with Crippen LogP contribution in [-0.2, 0) is 31.9 Å². The highest BCUT2D eigenvalue weighted by Crippen LogP contribution is 2.38. The van der Waals surface area contributed by atoms with Crippen molar-refractivity contribution in [3.05, 3.63) is 90.2 Å². The predicted octanol–water partition coefficient (Wildman–Crippen LogP) is 7.49. The van der Waals surface area contributed by atoms with E-state index >= 15 is 0 Å². The van der Waals surface area contributed by atoms with Crippen LogP contribution >= 0.6 is 0 Å². The molecule has 0 N–H and O–H groups in total. The van der Waals surface area contributed by atoms with Gasteiger partial charge in [-0.1, -0.05) is 75.4 Å². The monoisotopic (exact) mass is 581 g/mol. The fourth-order valence-electron chi connectivity index (χ4n) is 4.54. The maximum atomic E-state index is 14.0. The molecule has 0 spiro atoms. The molecular weight excluding hydrogens is 534 g/mol. The van der Waals surface area contributed by atoms with Crippen LogP contribution in [-0.4, -0.2) is 58.3 Å². The Balaban J connectivity index is 1.89. The number of benzene rings is 2. The lowest BCUT2D eigenvalue weighted by Gasteiger charge is -2.48. The lowest BCUT2D eigenvalue weighted by atomic mass is 9.87. The molecule has 0 fully saturated rings. The Bertz CT molecular complexity index is 1140. The van der Waals surface area contributed by atoms with Crippen molar-refractivity contribution in [3.8, 4) is 5.75 Å². The molecule has 0 radical (unpaired) electrons. The molecule has 1 aliphatic rings. The topological polar surface area (TPSA) is 66.5 Å². The number of methoxy groups -OCH3 is 2. The maximum Gasteiger partial charge on any atom is 0.411 e. The zero-order valence-corrected chi connectivity index (χ0v) is 26.7. The Hall–Kier alpha value is -3.07. The standard InChI is InChI=1S/C33H47NO6Si/c1-32(2,3)41(6,7)40-25-29-15-11-20-33(21-12-22-36-4,26-38-23-28-16-18-30(37-5)19-17-28)34(29)31(35)39-24-27-13-9-8-10-14-27/h8-14,16-20,22,29H,15,21,23-26H2,1-7H3/b22-12+/t29-,33-/m1/s1. The maximum absolute atomic E-state index is 14.0. The summed E-state index contributed by atoms with van der Waals surface area (Å²) in [5.74, 6) is 0.794. The van der Waals surface area contributed by atoms with Crippen molar-refractivity contribution in [2.75, 3.05) is 27.4 Å². The van der Waals surface area contributed by atoms with Gasteiger partial charge in [-0.05, 0) is 60.3 Å². The number of nitrogens with zero attached hydrogens (tertiary/aromatic N) is 1. The summed E-state index contributed by atoms with van der Waals surface area (Å²) in [5.41, 5.74) is 1.17. The van der Waals surface area contributed by atoms with E-state index < -0.39 is 13.9 Å². The fourth-order valence-corrected chi connectivity index (χ4v) is 5.58. The van der Waals surface area contributed by atoms with Crippen LogP contribution in [0.5, 0.6) is 5.75 Å². The van der Waals surface area contributed by atoms with E-state index in [9.17, 15) is 4.79 Å². The van der Waals surface area contributed by atoms with Gasteiger partial charge in [0, 0.05) is 0 Å². The van der Waals surface area contributed by atoms with E-state index in [1.54, 1.807) is 20.5 Å². The van der Waals surface area contributed by atoms with Gasteiger partial charge in [0.05, 0.1) is 51.9 Å². The molecule has 1 amide bonds. The third-order valence-electron chi connectivity index (χ3n) is 8.01. The summed E-state index contributed by atoms with van der Waals surface area (Å²) in [4.78, 5) is 15.8. The van der Waals surface area contributed by atoms with E-state index in [0.717, 1.165) is 16.9 Å². The summed E-state index contributed by atoms with van der Waals surface area (Å²) >= 11 is 0. The highest BCUT2D eigenvalue weighted by atomic mass is 28.4. The van der Waals surface area contributed by atoms with Gasteiger partial charge < -0.3 is 23.4 Å². The molecule has 3 rings (SSSR count). The van der Waals surface area contributed by atoms with Crippen molar-refractivity contribution in [1.29, 1.82) is 0 Å². The SMILES string of the molecule is CO/C=C/C[C@@]1(COCc2ccc(OC)cc2)C=CC[C@H](CO[Si](C)(C)C(C)(C)C)N1C(=O)OCc1ccccc1.